The van der Waals surface area contributed by atoms with Crippen molar-refractivity contribution in [3.63, 3.8) is 0 Å². The summed E-state index contributed by atoms with van der Waals surface area (Å²) in [6.45, 7) is 0. The van der Waals surface area contributed by atoms with Crippen LogP contribution in [0.2, 0.25) is 0 Å². The molecule has 0 radical (unpaired) electrons. The van der Waals surface area contributed by atoms with E-state index in [1.54, 1.807) is 0 Å². The lowest BCUT2D eigenvalue weighted by atomic mass is 9.93. The molecule has 1 aliphatic carbocycles. The van der Waals surface area contributed by atoms with Crippen molar-refractivity contribution in [3.8, 4) is 22.6 Å². The van der Waals surface area contributed by atoms with Crippen LogP contribution in [0.5, 0.6) is 11.5 Å². The molecule has 2 aromatic carbocycles. The first-order valence-electron chi connectivity index (χ1n) is 10.3. The summed E-state index contributed by atoms with van der Waals surface area (Å²) in [6, 6.07) is 18.0. The van der Waals surface area contributed by atoms with E-state index >= 15 is 0 Å². The molecule has 6 nitrogen and oxygen atoms in total. The van der Waals surface area contributed by atoms with Gasteiger partial charge in [0.2, 0.25) is 0 Å². The van der Waals surface area contributed by atoms with Crippen molar-refractivity contribution in [1.29, 1.82) is 0 Å². The van der Waals surface area contributed by atoms with Crippen molar-refractivity contribution < 1.29 is 9.84 Å². The highest BCUT2D eigenvalue weighted by Crippen LogP contribution is 2.38. The van der Waals surface area contributed by atoms with Gasteiger partial charge in [-0.05, 0) is 55.5 Å². The van der Waals surface area contributed by atoms with Crippen LogP contribution in [0.4, 0.5) is 5.82 Å². The molecule has 152 valence electrons. The summed E-state index contributed by atoms with van der Waals surface area (Å²) >= 11 is 0. The van der Waals surface area contributed by atoms with Crippen LogP contribution in [0, 0.1) is 0 Å². The maximum atomic E-state index is 9.88. The van der Waals surface area contributed by atoms with Gasteiger partial charge in [-0.3, -0.25) is 0 Å². The highest BCUT2D eigenvalue weighted by Gasteiger charge is 2.24. The fourth-order valence-electron chi connectivity index (χ4n) is 4.27. The molecule has 3 N–H and O–H groups in total. The van der Waals surface area contributed by atoms with Crippen LogP contribution in [0.25, 0.3) is 22.2 Å². The Balaban J connectivity index is 1.51. The van der Waals surface area contributed by atoms with E-state index in [0.717, 1.165) is 59.3 Å². The number of hydrogen-bond donors (Lipinski definition) is 2. The van der Waals surface area contributed by atoms with E-state index in [1.807, 2.05) is 54.6 Å². The zero-order valence-electron chi connectivity index (χ0n) is 16.6. The van der Waals surface area contributed by atoms with Crippen LogP contribution in [-0.4, -0.2) is 25.7 Å². The van der Waals surface area contributed by atoms with Crippen LogP contribution in [-0.2, 0) is 0 Å². The van der Waals surface area contributed by atoms with E-state index in [4.69, 9.17) is 10.5 Å². The van der Waals surface area contributed by atoms with Gasteiger partial charge < -0.3 is 20.1 Å². The van der Waals surface area contributed by atoms with Gasteiger partial charge >= 0.3 is 0 Å². The predicted molar refractivity (Wildman–Crippen MR) is 117 cm³/mol. The third-order valence-corrected chi connectivity index (χ3v) is 5.84. The SMILES string of the molecule is Nc1ncnc2c1c(-c1ccc(Oc3ccccc3)cc1)cn2C1CCC(O)CC1. The third-order valence-electron chi connectivity index (χ3n) is 5.84. The van der Waals surface area contributed by atoms with Gasteiger partial charge in [-0.25, -0.2) is 9.97 Å². The number of para-hydroxylation sites is 1. The second-order valence-electron chi connectivity index (χ2n) is 7.81. The number of ether oxygens (including phenoxy) is 1. The number of rotatable bonds is 4. The summed E-state index contributed by atoms with van der Waals surface area (Å²) in [7, 11) is 0. The summed E-state index contributed by atoms with van der Waals surface area (Å²) in [5.41, 5.74) is 9.17. The molecule has 1 fully saturated rings. The van der Waals surface area contributed by atoms with Crippen LogP contribution < -0.4 is 10.5 Å². The van der Waals surface area contributed by atoms with E-state index in [0.29, 0.717) is 11.9 Å². The number of nitrogens with zero attached hydrogens (tertiary/aromatic N) is 3. The first kappa shape index (κ1) is 18.6. The zero-order valence-corrected chi connectivity index (χ0v) is 16.6. The molecular weight excluding hydrogens is 376 g/mol. The summed E-state index contributed by atoms with van der Waals surface area (Å²) < 4.78 is 8.12. The minimum atomic E-state index is -0.195. The standard InChI is InChI=1S/C24H24N4O2/c25-23-22-21(16-6-12-20(13-7-16)30-19-4-2-1-3-5-19)14-28(24(22)27-15-26-23)17-8-10-18(29)11-9-17/h1-7,12-15,17-18,29H,8-11H2,(H2,25,26,27). The van der Waals surface area contributed by atoms with Crippen LogP contribution in [0.1, 0.15) is 31.7 Å². The maximum Gasteiger partial charge on any atom is 0.146 e. The van der Waals surface area contributed by atoms with Gasteiger partial charge in [0.25, 0.3) is 0 Å². The number of hydrogen-bond acceptors (Lipinski definition) is 5. The molecule has 4 aromatic rings. The average molecular weight is 400 g/mol. The lowest BCUT2D eigenvalue weighted by Crippen LogP contribution is -2.20. The van der Waals surface area contributed by atoms with E-state index in [-0.39, 0.29) is 6.10 Å². The Morgan fingerprint density at radius 2 is 1.60 bits per heavy atom. The van der Waals surface area contributed by atoms with E-state index in [2.05, 4.69) is 20.7 Å². The van der Waals surface area contributed by atoms with Crippen molar-refractivity contribution in [1.82, 2.24) is 14.5 Å². The van der Waals surface area contributed by atoms with Gasteiger partial charge in [0.15, 0.2) is 0 Å². The first-order chi connectivity index (χ1) is 14.7. The minimum absolute atomic E-state index is 0.195. The number of aliphatic hydroxyl groups excluding tert-OH is 1. The number of benzene rings is 2. The predicted octanol–water partition coefficient (Wildman–Crippen LogP) is 4.95. The molecular formula is C24H24N4O2. The molecule has 2 heterocycles. The molecule has 30 heavy (non-hydrogen) atoms. The van der Waals surface area contributed by atoms with Crippen molar-refractivity contribution in [2.75, 3.05) is 5.73 Å². The normalized spacial score (nSPS) is 19.1. The Labute approximate surface area is 175 Å². The van der Waals surface area contributed by atoms with Crippen molar-refractivity contribution >= 4 is 16.9 Å². The number of aromatic nitrogens is 3. The van der Waals surface area contributed by atoms with Gasteiger partial charge in [0, 0.05) is 17.8 Å². The zero-order chi connectivity index (χ0) is 20.5. The largest absolute Gasteiger partial charge is 0.457 e. The summed E-state index contributed by atoms with van der Waals surface area (Å²) in [5, 5.41) is 10.8. The van der Waals surface area contributed by atoms with E-state index < -0.39 is 0 Å². The molecule has 0 spiro atoms. The summed E-state index contributed by atoms with van der Waals surface area (Å²) in [5.74, 6) is 2.06. The molecule has 0 amide bonds. The second-order valence-corrected chi connectivity index (χ2v) is 7.81. The molecule has 0 aliphatic heterocycles. The lowest BCUT2D eigenvalue weighted by Gasteiger charge is -2.27. The second kappa shape index (κ2) is 7.80. The Morgan fingerprint density at radius 1 is 0.900 bits per heavy atom. The van der Waals surface area contributed by atoms with Crippen molar-refractivity contribution in [2.45, 2.75) is 37.8 Å². The van der Waals surface area contributed by atoms with Gasteiger partial charge in [-0.2, -0.15) is 0 Å². The number of anilines is 1. The van der Waals surface area contributed by atoms with Gasteiger partial charge in [-0.15, -0.1) is 0 Å². The summed E-state index contributed by atoms with van der Waals surface area (Å²) in [4.78, 5) is 8.77. The molecule has 0 unspecified atom stereocenters. The Morgan fingerprint density at radius 3 is 2.33 bits per heavy atom. The Hall–Kier alpha value is -3.38. The quantitative estimate of drug-likeness (QED) is 0.506. The highest BCUT2D eigenvalue weighted by molar-refractivity contribution is 6.00. The molecule has 1 saturated carbocycles. The van der Waals surface area contributed by atoms with E-state index in [9.17, 15) is 5.11 Å². The molecule has 1 aliphatic rings. The third kappa shape index (κ3) is 3.50. The first-order valence-corrected chi connectivity index (χ1v) is 10.3. The molecule has 5 rings (SSSR count). The van der Waals surface area contributed by atoms with Crippen LogP contribution in [0.15, 0.2) is 67.1 Å². The lowest BCUT2D eigenvalue weighted by molar-refractivity contribution is 0.111. The minimum Gasteiger partial charge on any atom is -0.457 e. The Kier molecular flexibility index (Phi) is 4.85. The summed E-state index contributed by atoms with van der Waals surface area (Å²) in [6.07, 6.45) is 6.94. The topological polar surface area (TPSA) is 86.2 Å². The van der Waals surface area contributed by atoms with Gasteiger partial charge in [0.1, 0.15) is 29.3 Å². The number of nitrogens with two attached hydrogens (primary N) is 1. The smallest absolute Gasteiger partial charge is 0.146 e. The van der Waals surface area contributed by atoms with Crippen molar-refractivity contribution in [3.05, 3.63) is 67.1 Å². The fourth-order valence-corrected chi connectivity index (χ4v) is 4.27. The highest BCUT2D eigenvalue weighted by atomic mass is 16.5. The van der Waals surface area contributed by atoms with Crippen molar-refractivity contribution in [2.24, 2.45) is 0 Å². The fraction of sp³-hybridized carbons (Fsp3) is 0.250. The Bertz CT molecular complexity index is 1150. The maximum absolute atomic E-state index is 9.88. The molecule has 0 saturated heterocycles. The molecule has 0 atom stereocenters. The van der Waals surface area contributed by atoms with Crippen LogP contribution >= 0.6 is 0 Å². The number of fused-ring (bicyclic) bond motifs is 1. The average Bonchev–Trinajstić information content (AvgIpc) is 3.17. The molecule has 0 bridgehead atoms. The number of nitrogen functional groups attached to an aromatic ring is 1. The van der Waals surface area contributed by atoms with E-state index in [1.165, 1.54) is 6.33 Å². The van der Waals surface area contributed by atoms with Crippen LogP contribution in [0.3, 0.4) is 0 Å². The number of aliphatic hydroxyl groups is 1. The van der Waals surface area contributed by atoms with Gasteiger partial charge in [-0.1, -0.05) is 30.3 Å². The molecule has 2 aromatic heterocycles. The molecule has 6 heteroatoms. The van der Waals surface area contributed by atoms with Gasteiger partial charge in [0.05, 0.1) is 11.5 Å². The monoisotopic (exact) mass is 400 g/mol.